The van der Waals surface area contributed by atoms with Gasteiger partial charge in [0.05, 0.1) is 6.61 Å². The topological polar surface area (TPSA) is 58.6 Å². The number of amides is 2. The van der Waals surface area contributed by atoms with Gasteiger partial charge in [-0.15, -0.1) is 0 Å². The number of carbonyl (C=O) groups excluding carboxylic acids is 2. The lowest BCUT2D eigenvalue weighted by Gasteiger charge is -2.43. The molecule has 1 aliphatic heterocycles. The zero-order valence-corrected chi connectivity index (χ0v) is 17.1. The first kappa shape index (κ1) is 20.2. The van der Waals surface area contributed by atoms with E-state index in [1.54, 1.807) is 29.2 Å². The summed E-state index contributed by atoms with van der Waals surface area (Å²) >= 11 is 6.10. The average molecular weight is 393 g/mol. The average Bonchev–Trinajstić information content (AvgIpc) is 3.02. The molecule has 0 radical (unpaired) electrons. The Labute approximate surface area is 166 Å². The highest BCUT2D eigenvalue weighted by Crippen LogP contribution is 2.43. The number of nitrogens with one attached hydrogen (secondary N) is 1. The van der Waals surface area contributed by atoms with E-state index in [1.165, 1.54) is 0 Å². The van der Waals surface area contributed by atoms with Crippen molar-refractivity contribution in [1.29, 1.82) is 0 Å². The van der Waals surface area contributed by atoms with Crippen LogP contribution in [-0.4, -0.2) is 41.1 Å². The molecule has 27 heavy (non-hydrogen) atoms. The quantitative estimate of drug-likeness (QED) is 0.842. The van der Waals surface area contributed by atoms with E-state index < -0.39 is 11.8 Å². The monoisotopic (exact) mass is 392 g/mol. The molecule has 0 unspecified atom stereocenters. The largest absolute Gasteiger partial charge is 0.353 e. The van der Waals surface area contributed by atoms with Gasteiger partial charge in [-0.25, -0.2) is 0 Å². The van der Waals surface area contributed by atoms with Crippen LogP contribution in [0.4, 0.5) is 0 Å². The maximum Gasteiger partial charge on any atom is 0.256 e. The lowest BCUT2D eigenvalue weighted by molar-refractivity contribution is -0.128. The summed E-state index contributed by atoms with van der Waals surface area (Å²) < 4.78 is 6.18. The molecule has 3 rings (SSSR count). The molecule has 5 nitrogen and oxygen atoms in total. The summed E-state index contributed by atoms with van der Waals surface area (Å²) in [4.78, 5) is 28.0. The number of hydrogen-bond acceptors (Lipinski definition) is 3. The summed E-state index contributed by atoms with van der Waals surface area (Å²) in [6, 6.07) is 6.35. The second-order valence-corrected chi connectivity index (χ2v) is 8.40. The van der Waals surface area contributed by atoms with E-state index >= 15 is 0 Å². The lowest BCUT2D eigenvalue weighted by Crippen LogP contribution is -2.57. The normalized spacial score (nSPS) is 29.0. The molecule has 1 heterocycles. The fraction of sp³-hybridized carbons (Fsp3) is 0.619. The summed E-state index contributed by atoms with van der Waals surface area (Å²) in [7, 11) is 0. The van der Waals surface area contributed by atoms with Gasteiger partial charge in [0.15, 0.2) is 0 Å². The highest BCUT2D eigenvalue weighted by molar-refractivity contribution is 6.31. The van der Waals surface area contributed by atoms with Gasteiger partial charge in [-0.05, 0) is 63.1 Å². The minimum atomic E-state index is -0.691. The van der Waals surface area contributed by atoms with Crippen LogP contribution in [0.5, 0.6) is 0 Å². The van der Waals surface area contributed by atoms with Crippen molar-refractivity contribution >= 4 is 23.4 Å². The third-order valence-electron chi connectivity index (χ3n) is 5.91. The third kappa shape index (κ3) is 4.14. The Morgan fingerprint density at radius 1 is 1.37 bits per heavy atom. The lowest BCUT2D eigenvalue weighted by atomic mass is 9.83. The van der Waals surface area contributed by atoms with E-state index in [0.717, 1.165) is 32.1 Å². The van der Waals surface area contributed by atoms with Gasteiger partial charge in [0.25, 0.3) is 5.91 Å². The Morgan fingerprint density at radius 2 is 2.07 bits per heavy atom. The molecule has 1 saturated carbocycles. The van der Waals surface area contributed by atoms with Gasteiger partial charge < -0.3 is 10.1 Å². The highest BCUT2D eigenvalue weighted by atomic mass is 35.5. The fourth-order valence-electron chi connectivity index (χ4n) is 3.98. The number of rotatable bonds is 4. The molecule has 1 spiro atoms. The second-order valence-electron chi connectivity index (χ2n) is 7.96. The summed E-state index contributed by atoms with van der Waals surface area (Å²) in [5.74, 6) is 0.277. The number of ether oxygens (including phenoxy) is 1. The van der Waals surface area contributed by atoms with Crippen LogP contribution in [0, 0.1) is 5.92 Å². The van der Waals surface area contributed by atoms with Crippen LogP contribution >= 0.6 is 11.6 Å². The van der Waals surface area contributed by atoms with Crippen LogP contribution in [0.15, 0.2) is 24.3 Å². The Bertz CT molecular complexity index is 700. The number of nitrogens with zero attached hydrogens (tertiary/aromatic N) is 1. The van der Waals surface area contributed by atoms with Crippen molar-refractivity contribution < 1.29 is 14.3 Å². The van der Waals surface area contributed by atoms with Crippen molar-refractivity contribution in [2.45, 2.75) is 70.7 Å². The first-order valence-corrected chi connectivity index (χ1v) is 10.3. The molecule has 1 aromatic rings. The van der Waals surface area contributed by atoms with Crippen LogP contribution in [0.1, 0.15) is 63.2 Å². The van der Waals surface area contributed by atoms with Crippen LogP contribution < -0.4 is 5.32 Å². The molecule has 1 saturated heterocycles. The van der Waals surface area contributed by atoms with Gasteiger partial charge in [0.2, 0.25) is 5.91 Å². The number of benzene rings is 1. The van der Waals surface area contributed by atoms with Crippen molar-refractivity contribution in [1.82, 2.24) is 10.2 Å². The minimum Gasteiger partial charge on any atom is -0.353 e. The summed E-state index contributed by atoms with van der Waals surface area (Å²) in [5.41, 5.74) is -0.198. The number of hydrogen-bond donors (Lipinski definition) is 1. The SMILES string of the molecule is CC[C@@H](C)NC(=O)[C@H]1COC2(CCC(C)CC2)N1C(=O)c1cccc(Cl)c1. The predicted octanol–water partition coefficient (Wildman–Crippen LogP) is 4.00. The van der Waals surface area contributed by atoms with Crippen LogP contribution in [0.25, 0.3) is 0 Å². The predicted molar refractivity (Wildman–Crippen MR) is 106 cm³/mol. The molecule has 1 N–H and O–H groups in total. The highest BCUT2D eigenvalue weighted by Gasteiger charge is 2.53. The number of halogens is 1. The molecule has 0 aromatic heterocycles. The van der Waals surface area contributed by atoms with Gasteiger partial charge in [0.1, 0.15) is 11.8 Å². The molecule has 6 heteroatoms. The van der Waals surface area contributed by atoms with Gasteiger partial charge in [0, 0.05) is 16.6 Å². The van der Waals surface area contributed by atoms with Crippen molar-refractivity contribution in [3.05, 3.63) is 34.9 Å². The molecular weight excluding hydrogens is 364 g/mol. The van der Waals surface area contributed by atoms with Gasteiger partial charge in [-0.2, -0.15) is 0 Å². The number of carbonyl (C=O) groups is 2. The van der Waals surface area contributed by atoms with E-state index in [1.807, 2.05) is 13.8 Å². The van der Waals surface area contributed by atoms with Gasteiger partial charge in [-0.1, -0.05) is 31.5 Å². The molecule has 1 aromatic carbocycles. The van der Waals surface area contributed by atoms with E-state index in [4.69, 9.17) is 16.3 Å². The van der Waals surface area contributed by atoms with Crippen LogP contribution in [0.3, 0.4) is 0 Å². The Balaban J connectivity index is 1.92. The first-order chi connectivity index (χ1) is 12.9. The van der Waals surface area contributed by atoms with Crippen LogP contribution in [0.2, 0.25) is 5.02 Å². The molecule has 1 aliphatic carbocycles. The zero-order chi connectivity index (χ0) is 19.6. The maximum atomic E-state index is 13.4. The Morgan fingerprint density at radius 3 is 2.70 bits per heavy atom. The Hall–Kier alpha value is -1.59. The minimum absolute atomic E-state index is 0.0588. The standard InChI is InChI=1S/C21H29ClN2O3/c1-4-15(3)23-19(25)18-13-27-21(10-8-14(2)9-11-21)24(18)20(26)16-6-5-7-17(22)12-16/h5-7,12,14-15,18H,4,8-11,13H2,1-3H3,(H,23,25)/t14?,15-,18-,21?/m1/s1. The molecular formula is C21H29ClN2O3. The fourth-order valence-corrected chi connectivity index (χ4v) is 4.17. The van der Waals surface area contributed by atoms with E-state index in [-0.39, 0.29) is 24.5 Å². The summed E-state index contributed by atoms with van der Waals surface area (Å²) in [6.07, 6.45) is 4.32. The zero-order valence-electron chi connectivity index (χ0n) is 16.3. The van der Waals surface area contributed by atoms with Crippen molar-refractivity contribution in [3.63, 3.8) is 0 Å². The molecule has 148 valence electrons. The smallest absolute Gasteiger partial charge is 0.256 e. The molecule has 2 fully saturated rings. The molecule has 2 aliphatic rings. The van der Waals surface area contributed by atoms with Crippen LogP contribution in [-0.2, 0) is 9.53 Å². The van der Waals surface area contributed by atoms with E-state index in [0.29, 0.717) is 16.5 Å². The van der Waals surface area contributed by atoms with Gasteiger partial charge >= 0.3 is 0 Å². The van der Waals surface area contributed by atoms with E-state index in [9.17, 15) is 9.59 Å². The summed E-state index contributed by atoms with van der Waals surface area (Å²) in [6.45, 7) is 6.45. The van der Waals surface area contributed by atoms with Crippen molar-refractivity contribution in [3.8, 4) is 0 Å². The van der Waals surface area contributed by atoms with Crippen molar-refractivity contribution in [2.24, 2.45) is 5.92 Å². The Kier molecular flexibility index (Phi) is 6.11. The summed E-state index contributed by atoms with van der Waals surface area (Å²) in [5, 5.41) is 3.52. The molecule has 2 atom stereocenters. The third-order valence-corrected chi connectivity index (χ3v) is 6.15. The second kappa shape index (κ2) is 8.19. The molecule has 0 bridgehead atoms. The first-order valence-electron chi connectivity index (χ1n) is 9.90. The molecule has 2 amide bonds. The van der Waals surface area contributed by atoms with Gasteiger partial charge in [-0.3, -0.25) is 14.5 Å². The van der Waals surface area contributed by atoms with E-state index in [2.05, 4.69) is 12.2 Å². The van der Waals surface area contributed by atoms with Crippen molar-refractivity contribution in [2.75, 3.05) is 6.61 Å². The maximum absolute atomic E-state index is 13.4.